The van der Waals surface area contributed by atoms with E-state index >= 15 is 0 Å². The van der Waals surface area contributed by atoms with E-state index in [1.165, 1.54) is 0 Å². The van der Waals surface area contributed by atoms with Gasteiger partial charge in [-0.25, -0.2) is 0 Å². The molecule has 1 unspecified atom stereocenters. The number of ketones is 1. The standard InChI is InChI=1S/C42H68O14/c1-21(20-53-36-34(50)32(48)30(46)24(18-43)54-36)9-8-15-41(6,52)26-14-16-39(4)27-12-10-22-23(42(27,7)28(45)17-40(26,39)5)11-13-29(38(22,2)3)56-37-35(51)33(49)31(47)25(19-44)55-37/h9-10,23-27,29-37,43-44,46-52H,8,11-20H2,1-7H3/b21-9-/t23-,24-,25-,26+,27+,29+,30-,31-,32+,33+,34-,35-,36-,37+,39+,40-,41?,42+/m1/s1. The van der Waals surface area contributed by atoms with Crippen molar-refractivity contribution in [1.82, 2.24) is 0 Å². The smallest absolute Gasteiger partial charge is 0.187 e. The second-order valence-electron chi connectivity index (χ2n) is 19.4. The van der Waals surface area contributed by atoms with Crippen LogP contribution in [-0.2, 0) is 23.7 Å². The molecule has 14 nitrogen and oxygen atoms in total. The molecule has 0 aromatic rings. The van der Waals surface area contributed by atoms with Gasteiger partial charge in [-0.05, 0) is 87.4 Å². The average Bonchev–Trinajstić information content (AvgIpc) is 3.42. The van der Waals surface area contributed by atoms with Crippen molar-refractivity contribution in [3.63, 3.8) is 0 Å². The maximum atomic E-state index is 14.8. The fourth-order valence-corrected chi connectivity index (χ4v) is 12.2. The van der Waals surface area contributed by atoms with Gasteiger partial charge in [0.05, 0.1) is 31.5 Å². The van der Waals surface area contributed by atoms with E-state index in [0.29, 0.717) is 38.5 Å². The Kier molecular flexibility index (Phi) is 12.6. The molecule has 0 amide bonds. The van der Waals surface area contributed by atoms with Crippen molar-refractivity contribution >= 4 is 5.78 Å². The molecule has 18 atom stereocenters. The van der Waals surface area contributed by atoms with Gasteiger partial charge in [0.1, 0.15) is 54.6 Å². The first-order chi connectivity index (χ1) is 26.1. The highest BCUT2D eigenvalue weighted by atomic mass is 16.7. The van der Waals surface area contributed by atoms with Crippen molar-refractivity contribution in [2.45, 2.75) is 173 Å². The quantitative estimate of drug-likeness (QED) is 0.134. The lowest BCUT2D eigenvalue weighted by Gasteiger charge is -2.65. The van der Waals surface area contributed by atoms with Crippen LogP contribution in [0.4, 0.5) is 0 Å². The third kappa shape index (κ3) is 7.09. The number of fused-ring (bicyclic) bond motifs is 5. The lowest BCUT2D eigenvalue weighted by molar-refractivity contribution is -0.319. The van der Waals surface area contributed by atoms with Crippen LogP contribution in [-0.4, -0.2) is 145 Å². The van der Waals surface area contributed by atoms with Gasteiger partial charge < -0.3 is 64.9 Å². The monoisotopic (exact) mass is 796 g/mol. The third-order valence-corrected chi connectivity index (χ3v) is 16.0. The summed E-state index contributed by atoms with van der Waals surface area (Å²) in [6, 6.07) is 0. The fraction of sp³-hybridized carbons (Fsp3) is 0.881. The molecule has 4 aliphatic carbocycles. The van der Waals surface area contributed by atoms with E-state index in [0.717, 1.165) is 24.0 Å². The van der Waals surface area contributed by atoms with E-state index in [1.54, 1.807) is 0 Å². The molecule has 0 radical (unpaired) electrons. The molecule has 6 rings (SSSR count). The summed E-state index contributed by atoms with van der Waals surface area (Å²) in [5, 5.41) is 93.1. The van der Waals surface area contributed by atoms with E-state index in [-0.39, 0.29) is 35.6 Å². The average molecular weight is 797 g/mol. The Morgan fingerprint density at radius 2 is 1.45 bits per heavy atom. The first-order valence-corrected chi connectivity index (χ1v) is 20.6. The number of ether oxygens (including phenoxy) is 4. The van der Waals surface area contributed by atoms with Crippen molar-refractivity contribution in [2.24, 2.45) is 39.4 Å². The van der Waals surface area contributed by atoms with Crippen LogP contribution in [0.1, 0.15) is 99.8 Å². The molecule has 5 fully saturated rings. The van der Waals surface area contributed by atoms with Gasteiger partial charge in [-0.1, -0.05) is 57.9 Å². The van der Waals surface area contributed by atoms with Crippen LogP contribution >= 0.6 is 0 Å². The van der Waals surface area contributed by atoms with Gasteiger partial charge in [0, 0.05) is 17.3 Å². The van der Waals surface area contributed by atoms with Crippen LogP contribution in [0.5, 0.6) is 0 Å². The predicted octanol–water partition coefficient (Wildman–Crippen LogP) is 1.25. The second kappa shape index (κ2) is 15.9. The van der Waals surface area contributed by atoms with E-state index in [2.05, 4.69) is 40.7 Å². The molecule has 0 bridgehead atoms. The molecule has 2 heterocycles. The highest BCUT2D eigenvalue weighted by Gasteiger charge is 2.71. The maximum absolute atomic E-state index is 14.8. The number of carbonyl (C=O) groups excluding carboxylic acids is 1. The molecule has 6 aliphatic rings. The van der Waals surface area contributed by atoms with E-state index in [4.69, 9.17) is 18.9 Å². The zero-order valence-corrected chi connectivity index (χ0v) is 34.1. The van der Waals surface area contributed by atoms with Gasteiger partial charge in [0.25, 0.3) is 0 Å². The van der Waals surface area contributed by atoms with Gasteiger partial charge in [-0.15, -0.1) is 0 Å². The molecule has 2 aliphatic heterocycles. The van der Waals surface area contributed by atoms with Crippen LogP contribution in [0, 0.1) is 39.4 Å². The first-order valence-electron chi connectivity index (χ1n) is 20.6. The normalized spacial score (nSPS) is 49.0. The Hall–Kier alpha value is -1.37. The molecular weight excluding hydrogens is 728 g/mol. The lowest BCUT2D eigenvalue weighted by Crippen LogP contribution is -2.64. The third-order valence-electron chi connectivity index (χ3n) is 16.0. The van der Waals surface area contributed by atoms with Gasteiger partial charge in [-0.3, -0.25) is 4.79 Å². The highest BCUT2D eigenvalue weighted by Crippen LogP contribution is 2.74. The van der Waals surface area contributed by atoms with Gasteiger partial charge >= 0.3 is 0 Å². The number of aliphatic hydroxyl groups is 9. The molecule has 14 heteroatoms. The Bertz CT molecular complexity index is 1490. The van der Waals surface area contributed by atoms with Crippen molar-refractivity contribution < 1.29 is 69.7 Å². The number of aliphatic hydroxyl groups excluding tert-OH is 8. The summed E-state index contributed by atoms with van der Waals surface area (Å²) in [6.07, 6.45) is -4.62. The molecule has 0 aromatic heterocycles. The summed E-state index contributed by atoms with van der Waals surface area (Å²) >= 11 is 0. The van der Waals surface area contributed by atoms with Crippen molar-refractivity contribution in [3.8, 4) is 0 Å². The number of hydrogen-bond donors (Lipinski definition) is 9. The molecule has 320 valence electrons. The van der Waals surface area contributed by atoms with Crippen LogP contribution in [0.2, 0.25) is 0 Å². The van der Waals surface area contributed by atoms with E-state index in [9.17, 15) is 50.8 Å². The number of rotatable bonds is 11. The Labute approximate surface area is 330 Å². The minimum atomic E-state index is -1.53. The summed E-state index contributed by atoms with van der Waals surface area (Å²) in [7, 11) is 0. The molecule has 2 saturated heterocycles. The van der Waals surface area contributed by atoms with Crippen LogP contribution in [0.25, 0.3) is 0 Å². The summed E-state index contributed by atoms with van der Waals surface area (Å²) in [5.41, 5.74) is -0.900. The fourth-order valence-electron chi connectivity index (χ4n) is 12.2. The summed E-state index contributed by atoms with van der Waals surface area (Å²) in [5.74, 6) is 0.164. The van der Waals surface area contributed by atoms with Gasteiger partial charge in [0.15, 0.2) is 12.6 Å². The zero-order valence-electron chi connectivity index (χ0n) is 34.1. The van der Waals surface area contributed by atoms with E-state index in [1.807, 2.05) is 19.9 Å². The van der Waals surface area contributed by atoms with Gasteiger partial charge in [0.2, 0.25) is 0 Å². The molecule has 3 saturated carbocycles. The van der Waals surface area contributed by atoms with Crippen LogP contribution in [0.15, 0.2) is 23.3 Å². The summed E-state index contributed by atoms with van der Waals surface area (Å²) < 4.78 is 23.2. The van der Waals surface area contributed by atoms with Gasteiger partial charge in [-0.2, -0.15) is 0 Å². The topological polar surface area (TPSA) is 236 Å². The van der Waals surface area contributed by atoms with Crippen LogP contribution < -0.4 is 0 Å². The minimum Gasteiger partial charge on any atom is -0.394 e. The van der Waals surface area contributed by atoms with Crippen molar-refractivity contribution in [1.29, 1.82) is 0 Å². The van der Waals surface area contributed by atoms with Crippen molar-refractivity contribution in [3.05, 3.63) is 23.3 Å². The number of carbonyl (C=O) groups is 1. The minimum absolute atomic E-state index is 0.0161. The number of Topliss-reactive ketones (excluding diaryl/α,β-unsaturated/α-hetero) is 1. The zero-order chi connectivity index (χ0) is 41.3. The highest BCUT2D eigenvalue weighted by molar-refractivity contribution is 5.88. The lowest BCUT2D eigenvalue weighted by atomic mass is 9.38. The molecule has 9 N–H and O–H groups in total. The van der Waals surface area contributed by atoms with Crippen molar-refractivity contribution in [2.75, 3.05) is 19.8 Å². The van der Waals surface area contributed by atoms with E-state index < -0.39 is 103 Å². The summed E-state index contributed by atoms with van der Waals surface area (Å²) in [4.78, 5) is 14.8. The summed E-state index contributed by atoms with van der Waals surface area (Å²) in [6.45, 7) is 13.6. The molecule has 0 spiro atoms. The molecule has 56 heavy (non-hydrogen) atoms. The Morgan fingerprint density at radius 3 is 2.05 bits per heavy atom. The van der Waals surface area contributed by atoms with Crippen LogP contribution in [0.3, 0.4) is 0 Å². The first kappa shape index (κ1) is 44.2. The Balaban J connectivity index is 1.13. The maximum Gasteiger partial charge on any atom is 0.187 e. The molecule has 0 aromatic carbocycles. The Morgan fingerprint density at radius 1 is 0.857 bits per heavy atom. The second-order valence-corrected chi connectivity index (χ2v) is 19.4. The largest absolute Gasteiger partial charge is 0.394 e. The predicted molar refractivity (Wildman–Crippen MR) is 201 cm³/mol. The number of hydrogen-bond acceptors (Lipinski definition) is 14. The SMILES string of the molecule is C/C(=C/CCC(C)(O)[C@H]1CC[C@@]2(C)[C@@H]3CC=C4[C@@H](CC[C@H](O[C@@H]5O[C@H](CO)[C@@H](O)[C@H](O)[C@H]5O)C4(C)C)[C@]3(C)C(=O)C[C@]12C)CO[C@@H]1O[C@H](CO)[C@@H](O)[C@H](O)[C@H]1O. The number of allylic oxidation sites excluding steroid dienone is 2. The molecular formula is C42H68O14.